The number of quaternary nitrogens is 1. The van der Waals surface area contributed by atoms with E-state index < -0.39 is 0 Å². The second-order valence-corrected chi connectivity index (χ2v) is 4.99. The first-order chi connectivity index (χ1) is 5.83. The van der Waals surface area contributed by atoms with Crippen molar-refractivity contribution < 1.29 is 9.28 Å². The van der Waals surface area contributed by atoms with E-state index in [4.69, 9.17) is 0 Å². The largest absolute Gasteiger partial charge is 0.345 e. The molecule has 0 radical (unpaired) electrons. The number of nitrogens with zero attached hydrogens (tertiary/aromatic N) is 1. The molecule has 1 fully saturated rings. The van der Waals surface area contributed by atoms with Gasteiger partial charge in [0.25, 0.3) is 5.91 Å². The number of carbonyl (C=O) groups excluding carboxylic acids is 1. The summed E-state index contributed by atoms with van der Waals surface area (Å²) in [5.74, 6) is 0.201. The Labute approximate surface area is 80.7 Å². The molecule has 3 heteroatoms. The number of hydrogen-bond acceptors (Lipinski definition) is 1. The van der Waals surface area contributed by atoms with Crippen LogP contribution in [0.5, 0.6) is 0 Å². The molecule has 0 unspecified atom stereocenters. The highest BCUT2D eigenvalue weighted by molar-refractivity contribution is 5.81. The van der Waals surface area contributed by atoms with Crippen molar-refractivity contribution in [2.75, 3.05) is 20.6 Å². The first kappa shape index (κ1) is 10.5. The summed E-state index contributed by atoms with van der Waals surface area (Å²) in [4.78, 5) is 11.6. The Kier molecular flexibility index (Phi) is 2.41. The van der Waals surface area contributed by atoms with Crippen LogP contribution < -0.4 is 5.32 Å². The van der Waals surface area contributed by atoms with E-state index in [0.717, 1.165) is 17.4 Å². The molecule has 0 bridgehead atoms. The first-order valence-corrected chi connectivity index (χ1v) is 4.94. The molecule has 13 heavy (non-hydrogen) atoms. The summed E-state index contributed by atoms with van der Waals surface area (Å²) in [5, 5.41) is 2.97. The minimum atomic E-state index is 0.101. The van der Waals surface area contributed by atoms with Crippen LogP contribution >= 0.6 is 0 Å². The summed E-state index contributed by atoms with van der Waals surface area (Å²) in [6, 6.07) is 0.101. The van der Waals surface area contributed by atoms with Gasteiger partial charge in [0.15, 0.2) is 6.04 Å². The number of rotatable bonds is 1. The van der Waals surface area contributed by atoms with Gasteiger partial charge in [0.05, 0.1) is 20.6 Å². The highest BCUT2D eigenvalue weighted by Gasteiger charge is 2.49. The van der Waals surface area contributed by atoms with E-state index >= 15 is 0 Å². The van der Waals surface area contributed by atoms with E-state index in [-0.39, 0.29) is 17.5 Å². The second kappa shape index (κ2) is 2.98. The summed E-state index contributed by atoms with van der Waals surface area (Å²) >= 11 is 0. The van der Waals surface area contributed by atoms with Crippen LogP contribution in [0.4, 0.5) is 0 Å². The Bertz CT molecular complexity index is 221. The molecule has 3 nitrogen and oxygen atoms in total. The Morgan fingerprint density at radius 3 is 2.46 bits per heavy atom. The summed E-state index contributed by atoms with van der Waals surface area (Å²) in [6.45, 7) is 7.26. The van der Waals surface area contributed by atoms with Gasteiger partial charge in [0.2, 0.25) is 0 Å². The lowest BCUT2D eigenvalue weighted by Crippen LogP contribution is -2.73. The van der Waals surface area contributed by atoms with Crippen LogP contribution in [-0.4, -0.2) is 42.6 Å². The van der Waals surface area contributed by atoms with Crippen LogP contribution in [0.2, 0.25) is 0 Å². The van der Waals surface area contributed by atoms with Gasteiger partial charge in [0.1, 0.15) is 5.54 Å². The van der Waals surface area contributed by atoms with E-state index in [2.05, 4.69) is 40.2 Å². The normalized spacial score (nSPS) is 31.2. The number of carbonyl (C=O) groups is 1. The SMILES string of the molecule is CC[C@@H]1C(=O)NCC(C)(C)[N+]1(C)C. The maximum atomic E-state index is 11.6. The van der Waals surface area contributed by atoms with Crippen molar-refractivity contribution in [3.8, 4) is 0 Å². The fraction of sp³-hybridized carbons (Fsp3) is 0.900. The molecule has 0 aliphatic carbocycles. The smallest absolute Gasteiger partial charge is 0.278 e. The Morgan fingerprint density at radius 2 is 2.08 bits per heavy atom. The monoisotopic (exact) mass is 185 g/mol. The van der Waals surface area contributed by atoms with Gasteiger partial charge < -0.3 is 9.80 Å². The lowest BCUT2D eigenvalue weighted by atomic mass is 9.92. The molecule has 1 heterocycles. The number of piperazine rings is 1. The topological polar surface area (TPSA) is 29.1 Å². The zero-order valence-electron chi connectivity index (χ0n) is 9.35. The van der Waals surface area contributed by atoms with Gasteiger partial charge in [-0.3, -0.25) is 4.79 Å². The van der Waals surface area contributed by atoms with Gasteiger partial charge in [0, 0.05) is 6.42 Å². The maximum Gasteiger partial charge on any atom is 0.278 e. The molecular weight excluding hydrogens is 164 g/mol. The van der Waals surface area contributed by atoms with E-state index in [1.165, 1.54) is 0 Å². The van der Waals surface area contributed by atoms with Gasteiger partial charge in [-0.2, -0.15) is 0 Å². The third kappa shape index (κ3) is 1.46. The Balaban J connectivity index is 2.98. The van der Waals surface area contributed by atoms with E-state index in [1.807, 2.05) is 0 Å². The van der Waals surface area contributed by atoms with Gasteiger partial charge in [-0.25, -0.2) is 0 Å². The minimum Gasteiger partial charge on any atom is -0.345 e. The third-order valence-electron chi connectivity index (χ3n) is 3.72. The molecule has 0 aromatic heterocycles. The zero-order chi connectivity index (χ0) is 10.3. The molecular formula is C10H21N2O+. The highest BCUT2D eigenvalue weighted by Crippen LogP contribution is 2.28. The van der Waals surface area contributed by atoms with Crippen molar-refractivity contribution in [3.05, 3.63) is 0 Å². The van der Waals surface area contributed by atoms with Crippen molar-refractivity contribution in [3.63, 3.8) is 0 Å². The highest BCUT2D eigenvalue weighted by atomic mass is 16.2. The van der Waals surface area contributed by atoms with Crippen LogP contribution in [-0.2, 0) is 4.79 Å². The molecule has 1 saturated heterocycles. The maximum absolute atomic E-state index is 11.6. The molecule has 1 N–H and O–H groups in total. The molecule has 1 amide bonds. The number of nitrogens with one attached hydrogen (secondary N) is 1. The van der Waals surface area contributed by atoms with Crippen LogP contribution in [0.25, 0.3) is 0 Å². The molecule has 1 aliphatic heterocycles. The molecule has 1 aliphatic rings. The lowest BCUT2D eigenvalue weighted by Gasteiger charge is -2.52. The average Bonchev–Trinajstić information content (AvgIpc) is 1.99. The fourth-order valence-electron chi connectivity index (χ4n) is 1.98. The predicted octanol–water partition coefficient (Wildman–Crippen LogP) is 0.750. The number of amides is 1. The van der Waals surface area contributed by atoms with Crippen LogP contribution in [0.1, 0.15) is 27.2 Å². The molecule has 0 aromatic rings. The number of likely N-dealkylation sites (N-methyl/N-ethyl adjacent to an activating group) is 1. The fourth-order valence-corrected chi connectivity index (χ4v) is 1.98. The third-order valence-corrected chi connectivity index (χ3v) is 3.72. The van der Waals surface area contributed by atoms with E-state index in [9.17, 15) is 4.79 Å². The second-order valence-electron chi connectivity index (χ2n) is 4.99. The van der Waals surface area contributed by atoms with Crippen molar-refractivity contribution in [1.82, 2.24) is 5.32 Å². The van der Waals surface area contributed by atoms with Crippen molar-refractivity contribution in [2.24, 2.45) is 0 Å². The van der Waals surface area contributed by atoms with E-state index in [0.29, 0.717) is 0 Å². The minimum absolute atomic E-state index is 0.101. The van der Waals surface area contributed by atoms with Gasteiger partial charge in [-0.05, 0) is 13.8 Å². The summed E-state index contributed by atoms with van der Waals surface area (Å²) in [5.41, 5.74) is 0.134. The first-order valence-electron chi connectivity index (χ1n) is 4.94. The molecule has 1 rings (SSSR count). The summed E-state index contributed by atoms with van der Waals surface area (Å²) in [6.07, 6.45) is 0.905. The Morgan fingerprint density at radius 1 is 1.54 bits per heavy atom. The summed E-state index contributed by atoms with van der Waals surface area (Å²) in [7, 11) is 4.29. The van der Waals surface area contributed by atoms with E-state index in [1.54, 1.807) is 0 Å². The molecule has 0 saturated carbocycles. The number of hydrogen-bond donors (Lipinski definition) is 1. The predicted molar refractivity (Wildman–Crippen MR) is 53.3 cm³/mol. The van der Waals surface area contributed by atoms with Crippen molar-refractivity contribution in [2.45, 2.75) is 38.8 Å². The van der Waals surface area contributed by atoms with Gasteiger partial charge in [-0.15, -0.1) is 0 Å². The summed E-state index contributed by atoms with van der Waals surface area (Å²) < 4.78 is 0.787. The van der Waals surface area contributed by atoms with Crippen LogP contribution in [0.3, 0.4) is 0 Å². The molecule has 76 valence electrons. The standard InChI is InChI=1S/C10H20N2O/c1-6-8-9(13)11-7-10(2,3)12(8,4)5/h8H,6-7H2,1-5H3/p+1/t8-/m1/s1. The van der Waals surface area contributed by atoms with Crippen molar-refractivity contribution in [1.29, 1.82) is 0 Å². The zero-order valence-corrected chi connectivity index (χ0v) is 9.35. The van der Waals surface area contributed by atoms with Gasteiger partial charge in [-0.1, -0.05) is 6.92 Å². The lowest BCUT2D eigenvalue weighted by molar-refractivity contribution is -0.953. The van der Waals surface area contributed by atoms with Crippen LogP contribution in [0.15, 0.2) is 0 Å². The molecule has 0 spiro atoms. The van der Waals surface area contributed by atoms with Gasteiger partial charge >= 0.3 is 0 Å². The van der Waals surface area contributed by atoms with Crippen molar-refractivity contribution >= 4 is 5.91 Å². The molecule has 1 atom stereocenters. The quantitative estimate of drug-likeness (QED) is 0.600. The molecule has 0 aromatic carbocycles. The van der Waals surface area contributed by atoms with Crippen LogP contribution in [0, 0.1) is 0 Å². The average molecular weight is 185 g/mol. The Hall–Kier alpha value is -0.570.